The largest absolute Gasteiger partial charge is 0.497 e. The first-order valence-corrected chi connectivity index (χ1v) is 6.17. The van der Waals surface area contributed by atoms with Crippen LogP contribution in [0.3, 0.4) is 0 Å². The second-order valence-electron chi connectivity index (χ2n) is 5.34. The molecule has 3 heteroatoms. The van der Waals surface area contributed by atoms with E-state index < -0.39 is 0 Å². The molecular weight excluding hydrogens is 236 g/mol. The number of hydrogen-bond donors (Lipinski definition) is 0. The molecule has 0 heterocycles. The maximum atomic E-state index is 6.47. The molecule has 0 spiro atoms. The molecule has 1 aromatic rings. The maximum Gasteiger partial charge on any atom is 0.123 e. The maximum absolute atomic E-state index is 6.47. The first-order valence-electron chi connectivity index (χ1n) is 5.73. The zero-order valence-corrected chi connectivity index (χ0v) is 12.0. The molecule has 0 saturated heterocycles. The fourth-order valence-corrected chi connectivity index (χ4v) is 2.37. The number of alkyl halides is 1. The van der Waals surface area contributed by atoms with Gasteiger partial charge in [0, 0.05) is 5.56 Å². The Balaban J connectivity index is 3.01. The Bertz CT molecular complexity index is 369. The van der Waals surface area contributed by atoms with E-state index in [9.17, 15) is 0 Å². The van der Waals surface area contributed by atoms with Crippen molar-refractivity contribution in [3.8, 4) is 11.5 Å². The molecular formula is C14H21ClO2. The molecule has 0 radical (unpaired) electrons. The molecule has 1 unspecified atom stereocenters. The monoisotopic (exact) mass is 256 g/mol. The lowest BCUT2D eigenvalue weighted by atomic mass is 9.88. The lowest BCUT2D eigenvalue weighted by molar-refractivity contribution is 0.361. The number of hydrogen-bond acceptors (Lipinski definition) is 2. The summed E-state index contributed by atoms with van der Waals surface area (Å²) in [6, 6.07) is 5.72. The summed E-state index contributed by atoms with van der Waals surface area (Å²) in [6.07, 6.45) is 0.887. The summed E-state index contributed by atoms with van der Waals surface area (Å²) in [6.45, 7) is 6.53. The fraction of sp³-hybridized carbons (Fsp3) is 0.571. The fourth-order valence-electron chi connectivity index (χ4n) is 1.73. The number of methoxy groups -OCH3 is 2. The van der Waals surface area contributed by atoms with E-state index in [0.29, 0.717) is 0 Å². The van der Waals surface area contributed by atoms with Gasteiger partial charge in [-0.1, -0.05) is 20.8 Å². The predicted molar refractivity (Wildman–Crippen MR) is 72.2 cm³/mol. The van der Waals surface area contributed by atoms with Crippen LogP contribution in [0.1, 0.15) is 38.1 Å². The van der Waals surface area contributed by atoms with Gasteiger partial charge in [0.15, 0.2) is 0 Å². The van der Waals surface area contributed by atoms with E-state index in [1.54, 1.807) is 14.2 Å². The van der Waals surface area contributed by atoms with Crippen molar-refractivity contribution in [2.75, 3.05) is 14.2 Å². The van der Waals surface area contributed by atoms with Gasteiger partial charge in [-0.3, -0.25) is 0 Å². The minimum Gasteiger partial charge on any atom is -0.497 e. The summed E-state index contributed by atoms with van der Waals surface area (Å²) in [5.74, 6) is 1.62. The van der Waals surface area contributed by atoms with Crippen molar-refractivity contribution >= 4 is 11.6 Å². The Labute approximate surface area is 109 Å². The third-order valence-corrected chi connectivity index (χ3v) is 2.96. The Kier molecular flexibility index (Phi) is 4.70. The van der Waals surface area contributed by atoms with Gasteiger partial charge < -0.3 is 9.47 Å². The van der Waals surface area contributed by atoms with Crippen LogP contribution in [0.4, 0.5) is 0 Å². The third kappa shape index (κ3) is 4.12. The topological polar surface area (TPSA) is 18.5 Å². The second kappa shape index (κ2) is 5.63. The number of ether oxygens (including phenoxy) is 2. The van der Waals surface area contributed by atoms with Crippen LogP contribution in [0.25, 0.3) is 0 Å². The summed E-state index contributed by atoms with van der Waals surface area (Å²) < 4.78 is 10.6. The number of rotatable bonds is 4. The van der Waals surface area contributed by atoms with Crippen molar-refractivity contribution in [1.82, 2.24) is 0 Å². The molecule has 0 aliphatic carbocycles. The standard InChI is InChI=1S/C14H21ClO2/c1-14(2,3)9-12(15)11-8-10(16-4)6-7-13(11)17-5/h6-8,12H,9H2,1-5H3. The zero-order valence-electron chi connectivity index (χ0n) is 11.2. The highest BCUT2D eigenvalue weighted by molar-refractivity contribution is 6.21. The van der Waals surface area contributed by atoms with Crippen molar-refractivity contribution in [3.05, 3.63) is 23.8 Å². The highest BCUT2D eigenvalue weighted by Crippen LogP contribution is 2.39. The summed E-state index contributed by atoms with van der Waals surface area (Å²) in [7, 11) is 3.31. The van der Waals surface area contributed by atoms with E-state index in [1.807, 2.05) is 18.2 Å². The van der Waals surface area contributed by atoms with E-state index in [0.717, 1.165) is 23.5 Å². The lowest BCUT2D eigenvalue weighted by Crippen LogP contribution is -2.09. The Morgan fingerprint density at radius 1 is 1.18 bits per heavy atom. The van der Waals surface area contributed by atoms with Gasteiger partial charge in [-0.2, -0.15) is 0 Å². The van der Waals surface area contributed by atoms with Crippen LogP contribution in [0.15, 0.2) is 18.2 Å². The van der Waals surface area contributed by atoms with Gasteiger partial charge in [0.05, 0.1) is 19.6 Å². The van der Waals surface area contributed by atoms with Crippen LogP contribution >= 0.6 is 11.6 Å². The Hall–Kier alpha value is -0.890. The molecule has 0 aliphatic rings. The summed E-state index contributed by atoms with van der Waals surface area (Å²) in [5, 5.41) is -0.0694. The highest BCUT2D eigenvalue weighted by Gasteiger charge is 2.21. The molecule has 0 amide bonds. The molecule has 0 bridgehead atoms. The van der Waals surface area contributed by atoms with Gasteiger partial charge in [0.1, 0.15) is 11.5 Å². The molecule has 1 atom stereocenters. The van der Waals surface area contributed by atoms with Gasteiger partial charge in [0.25, 0.3) is 0 Å². The third-order valence-electron chi connectivity index (χ3n) is 2.57. The van der Waals surface area contributed by atoms with Crippen molar-refractivity contribution in [2.45, 2.75) is 32.6 Å². The molecule has 1 rings (SSSR count). The van der Waals surface area contributed by atoms with Crippen LogP contribution in [-0.4, -0.2) is 14.2 Å². The SMILES string of the molecule is COc1ccc(OC)c(C(Cl)CC(C)(C)C)c1. The minimum absolute atomic E-state index is 0.0694. The zero-order chi connectivity index (χ0) is 13.1. The molecule has 0 aliphatic heterocycles. The van der Waals surface area contributed by atoms with Crippen LogP contribution in [-0.2, 0) is 0 Å². The lowest BCUT2D eigenvalue weighted by Gasteiger charge is -2.23. The van der Waals surface area contributed by atoms with Crippen LogP contribution in [0, 0.1) is 5.41 Å². The summed E-state index contributed by atoms with van der Waals surface area (Å²) in [5.41, 5.74) is 1.17. The first kappa shape index (κ1) is 14.2. The molecule has 0 fully saturated rings. The normalized spacial score (nSPS) is 13.3. The summed E-state index contributed by atoms with van der Waals surface area (Å²) >= 11 is 6.47. The average Bonchev–Trinajstić information content (AvgIpc) is 2.25. The van der Waals surface area contributed by atoms with Crippen LogP contribution in [0.2, 0.25) is 0 Å². The van der Waals surface area contributed by atoms with Gasteiger partial charge in [-0.15, -0.1) is 11.6 Å². The Morgan fingerprint density at radius 3 is 2.29 bits per heavy atom. The van der Waals surface area contributed by atoms with Gasteiger partial charge >= 0.3 is 0 Å². The average molecular weight is 257 g/mol. The second-order valence-corrected chi connectivity index (χ2v) is 5.87. The van der Waals surface area contributed by atoms with E-state index in [4.69, 9.17) is 21.1 Å². The van der Waals surface area contributed by atoms with E-state index >= 15 is 0 Å². The van der Waals surface area contributed by atoms with Crippen LogP contribution in [0.5, 0.6) is 11.5 Å². The van der Waals surface area contributed by atoms with Crippen molar-refractivity contribution in [1.29, 1.82) is 0 Å². The van der Waals surface area contributed by atoms with Gasteiger partial charge in [0.2, 0.25) is 0 Å². The van der Waals surface area contributed by atoms with E-state index in [1.165, 1.54) is 0 Å². The van der Waals surface area contributed by atoms with Crippen molar-refractivity contribution < 1.29 is 9.47 Å². The Morgan fingerprint density at radius 2 is 1.82 bits per heavy atom. The molecule has 0 N–H and O–H groups in total. The molecule has 1 aromatic carbocycles. The predicted octanol–water partition coefficient (Wildman–Crippen LogP) is 4.42. The summed E-state index contributed by atoms with van der Waals surface area (Å²) in [4.78, 5) is 0. The van der Waals surface area contributed by atoms with Gasteiger partial charge in [-0.05, 0) is 30.0 Å². The van der Waals surface area contributed by atoms with Crippen molar-refractivity contribution in [2.24, 2.45) is 5.41 Å². The van der Waals surface area contributed by atoms with E-state index in [-0.39, 0.29) is 10.8 Å². The first-order chi connectivity index (χ1) is 7.87. The smallest absolute Gasteiger partial charge is 0.123 e. The van der Waals surface area contributed by atoms with Crippen molar-refractivity contribution in [3.63, 3.8) is 0 Å². The molecule has 96 valence electrons. The highest BCUT2D eigenvalue weighted by atomic mass is 35.5. The minimum atomic E-state index is -0.0694. The van der Waals surface area contributed by atoms with E-state index in [2.05, 4.69) is 20.8 Å². The van der Waals surface area contributed by atoms with Gasteiger partial charge in [-0.25, -0.2) is 0 Å². The molecule has 2 nitrogen and oxygen atoms in total. The quantitative estimate of drug-likeness (QED) is 0.743. The molecule has 0 saturated carbocycles. The number of halogens is 1. The van der Waals surface area contributed by atoms with Crippen LogP contribution < -0.4 is 9.47 Å². The molecule has 17 heavy (non-hydrogen) atoms. The molecule has 0 aromatic heterocycles. The number of benzene rings is 1.